The highest BCUT2D eigenvalue weighted by atomic mass is 32.1. The van der Waals surface area contributed by atoms with Gasteiger partial charge >= 0.3 is 0 Å². The second-order valence-electron chi connectivity index (χ2n) is 8.12. The maximum Gasteiger partial charge on any atom is 0.213 e. The summed E-state index contributed by atoms with van der Waals surface area (Å²) < 4.78 is 8.26. The maximum absolute atomic E-state index is 5.37. The third kappa shape index (κ3) is 3.64. The largest absolute Gasteiger partial charge is 0.497 e. The number of nitrogens with one attached hydrogen (secondary N) is 1. The molecule has 0 atom stereocenters. The van der Waals surface area contributed by atoms with E-state index in [-0.39, 0.29) is 0 Å². The van der Waals surface area contributed by atoms with Crippen LogP contribution in [0.25, 0.3) is 26.4 Å². The average Bonchev–Trinajstić information content (AvgIpc) is 3.58. The zero-order valence-corrected chi connectivity index (χ0v) is 19.3. The smallest absolute Gasteiger partial charge is 0.213 e. The molecule has 0 amide bonds. The summed E-state index contributed by atoms with van der Waals surface area (Å²) in [6, 6.07) is 15.9. The monoisotopic (exact) mass is 457 g/mol. The van der Waals surface area contributed by atoms with Crippen LogP contribution < -0.4 is 15.0 Å². The Morgan fingerprint density at radius 2 is 1.73 bits per heavy atom. The van der Waals surface area contributed by atoms with E-state index in [9.17, 15) is 0 Å². The fourth-order valence-electron chi connectivity index (χ4n) is 4.19. The molecule has 1 aliphatic rings. The number of hydrogen-bond acceptors (Lipinski definition) is 8. The molecule has 0 saturated carbocycles. The maximum atomic E-state index is 5.37. The van der Waals surface area contributed by atoms with Crippen LogP contribution in [-0.2, 0) is 0 Å². The Morgan fingerprint density at radius 1 is 0.939 bits per heavy atom. The minimum atomic E-state index is 0.736. The van der Waals surface area contributed by atoms with Crippen LogP contribution in [0, 0.1) is 6.92 Å². The predicted octanol–water partition coefficient (Wildman–Crippen LogP) is 5.09. The van der Waals surface area contributed by atoms with Gasteiger partial charge in [-0.1, -0.05) is 23.5 Å². The first kappa shape index (κ1) is 19.9. The Balaban J connectivity index is 1.44. The van der Waals surface area contributed by atoms with Crippen LogP contribution in [-0.4, -0.2) is 44.9 Å². The Morgan fingerprint density at radius 3 is 2.52 bits per heavy atom. The first-order chi connectivity index (χ1) is 16.2. The van der Waals surface area contributed by atoms with Crippen molar-refractivity contribution in [3.05, 3.63) is 54.2 Å². The summed E-state index contributed by atoms with van der Waals surface area (Å²) in [7, 11) is 1.67. The van der Waals surface area contributed by atoms with Gasteiger partial charge in [0.05, 0.1) is 34.1 Å². The molecule has 1 fully saturated rings. The number of hydrogen-bond donors (Lipinski definition) is 1. The van der Waals surface area contributed by atoms with E-state index in [1.165, 1.54) is 12.8 Å². The van der Waals surface area contributed by atoms with Gasteiger partial charge in [0.15, 0.2) is 11.6 Å². The summed E-state index contributed by atoms with van der Waals surface area (Å²) in [5, 5.41) is 9.02. The molecule has 3 aromatic heterocycles. The molecular weight excluding hydrogens is 434 g/mol. The lowest BCUT2D eigenvalue weighted by Crippen LogP contribution is -2.21. The van der Waals surface area contributed by atoms with Crippen LogP contribution in [0.3, 0.4) is 0 Å². The van der Waals surface area contributed by atoms with E-state index in [1.807, 2.05) is 60.1 Å². The number of rotatable bonds is 5. The molecule has 0 aliphatic carbocycles. The summed E-state index contributed by atoms with van der Waals surface area (Å²) in [6.45, 7) is 3.95. The van der Waals surface area contributed by atoms with Gasteiger partial charge in [0.2, 0.25) is 5.13 Å². The molecule has 0 bridgehead atoms. The van der Waals surface area contributed by atoms with E-state index in [0.717, 1.165) is 68.4 Å². The molecule has 5 aromatic rings. The summed E-state index contributed by atoms with van der Waals surface area (Å²) in [5.41, 5.74) is 3.57. The molecule has 33 heavy (non-hydrogen) atoms. The Bertz CT molecular complexity index is 1470. The van der Waals surface area contributed by atoms with Crippen LogP contribution in [0.15, 0.2) is 48.5 Å². The second kappa shape index (κ2) is 8.00. The number of para-hydroxylation sites is 2. The molecule has 6 rings (SSSR count). The highest BCUT2D eigenvalue weighted by Crippen LogP contribution is 2.33. The van der Waals surface area contributed by atoms with Crippen LogP contribution in [0.1, 0.15) is 18.5 Å². The van der Waals surface area contributed by atoms with Gasteiger partial charge in [0.1, 0.15) is 11.6 Å². The van der Waals surface area contributed by atoms with Crippen molar-refractivity contribution in [1.82, 2.24) is 24.7 Å². The van der Waals surface area contributed by atoms with E-state index in [2.05, 4.69) is 10.2 Å². The van der Waals surface area contributed by atoms with Crippen LogP contribution >= 0.6 is 11.3 Å². The lowest BCUT2D eigenvalue weighted by molar-refractivity contribution is 0.415. The average molecular weight is 458 g/mol. The van der Waals surface area contributed by atoms with Crippen molar-refractivity contribution in [3.8, 4) is 10.9 Å². The first-order valence-corrected chi connectivity index (χ1v) is 11.8. The van der Waals surface area contributed by atoms with Gasteiger partial charge in [-0.25, -0.2) is 15.0 Å². The molecule has 9 heteroatoms. The second-order valence-corrected chi connectivity index (χ2v) is 9.13. The third-order valence-electron chi connectivity index (χ3n) is 5.80. The predicted molar refractivity (Wildman–Crippen MR) is 132 cm³/mol. The van der Waals surface area contributed by atoms with Crippen molar-refractivity contribution in [2.75, 3.05) is 30.4 Å². The lowest BCUT2D eigenvalue weighted by atomic mass is 10.3. The van der Waals surface area contributed by atoms with Gasteiger partial charge in [-0.05, 0) is 50.1 Å². The topological polar surface area (TPSA) is 81.0 Å². The molecule has 166 valence electrons. The molecule has 0 radical (unpaired) electrons. The number of benzene rings is 2. The van der Waals surface area contributed by atoms with E-state index >= 15 is 0 Å². The third-order valence-corrected chi connectivity index (χ3v) is 6.79. The molecule has 1 saturated heterocycles. The Labute approximate surface area is 194 Å². The molecule has 8 nitrogen and oxygen atoms in total. The molecular formula is C24H23N7OS. The van der Waals surface area contributed by atoms with Crippen molar-refractivity contribution < 1.29 is 4.74 Å². The standard InChI is InChI=1S/C24H23N7OS/c1-15-13-21(31(29-15)24-27-19-10-9-16(32-2)14-20(19)33-24)28-22-23(30-11-5-6-12-30)26-18-8-4-3-7-17(18)25-22/h3-4,7-10,13-14H,5-6,11-12H2,1-2H3,(H,25,28). The lowest BCUT2D eigenvalue weighted by Gasteiger charge is -2.20. The Kier molecular flexibility index (Phi) is 4.83. The number of aryl methyl sites for hydroxylation is 1. The molecule has 4 heterocycles. The minimum Gasteiger partial charge on any atom is -0.497 e. The van der Waals surface area contributed by atoms with Gasteiger partial charge in [-0.3, -0.25) is 0 Å². The number of ether oxygens (including phenoxy) is 1. The molecule has 2 aromatic carbocycles. The zero-order chi connectivity index (χ0) is 22.4. The van der Waals surface area contributed by atoms with Gasteiger partial charge in [0, 0.05) is 19.2 Å². The highest BCUT2D eigenvalue weighted by Gasteiger charge is 2.21. The van der Waals surface area contributed by atoms with Crippen molar-refractivity contribution in [3.63, 3.8) is 0 Å². The van der Waals surface area contributed by atoms with Gasteiger partial charge in [0.25, 0.3) is 0 Å². The van der Waals surface area contributed by atoms with Gasteiger partial charge in [-0.2, -0.15) is 9.78 Å². The number of methoxy groups -OCH3 is 1. The summed E-state index contributed by atoms with van der Waals surface area (Å²) >= 11 is 1.57. The first-order valence-electron chi connectivity index (χ1n) is 11.0. The summed E-state index contributed by atoms with van der Waals surface area (Å²) in [4.78, 5) is 17.0. The summed E-state index contributed by atoms with van der Waals surface area (Å²) in [6.07, 6.45) is 2.33. The van der Waals surface area contributed by atoms with Crippen LogP contribution in [0.4, 0.5) is 17.5 Å². The molecule has 0 spiro atoms. The SMILES string of the molecule is COc1ccc2nc(-n3nc(C)cc3Nc3nc4ccccc4nc3N3CCCC3)sc2c1. The van der Waals surface area contributed by atoms with Gasteiger partial charge in [-0.15, -0.1) is 0 Å². The number of thiazole rings is 1. The molecule has 1 aliphatic heterocycles. The highest BCUT2D eigenvalue weighted by molar-refractivity contribution is 7.20. The number of fused-ring (bicyclic) bond motifs is 2. The van der Waals surface area contributed by atoms with E-state index in [4.69, 9.17) is 24.8 Å². The van der Waals surface area contributed by atoms with E-state index in [0.29, 0.717) is 0 Å². The Hall–Kier alpha value is -3.72. The normalized spacial score (nSPS) is 13.8. The van der Waals surface area contributed by atoms with Crippen LogP contribution in [0.5, 0.6) is 5.75 Å². The zero-order valence-electron chi connectivity index (χ0n) is 18.4. The quantitative estimate of drug-likeness (QED) is 0.394. The number of nitrogens with zero attached hydrogens (tertiary/aromatic N) is 6. The number of aromatic nitrogens is 5. The van der Waals surface area contributed by atoms with Gasteiger partial charge < -0.3 is 15.0 Å². The summed E-state index contributed by atoms with van der Waals surface area (Å²) in [5.74, 6) is 3.24. The minimum absolute atomic E-state index is 0.736. The van der Waals surface area contributed by atoms with Crippen LogP contribution in [0.2, 0.25) is 0 Å². The van der Waals surface area contributed by atoms with Crippen molar-refractivity contribution >= 4 is 50.0 Å². The number of anilines is 3. The van der Waals surface area contributed by atoms with E-state index in [1.54, 1.807) is 18.4 Å². The van der Waals surface area contributed by atoms with Crippen molar-refractivity contribution in [2.45, 2.75) is 19.8 Å². The molecule has 1 N–H and O–H groups in total. The fraction of sp³-hybridized carbons (Fsp3) is 0.250. The van der Waals surface area contributed by atoms with Crippen molar-refractivity contribution in [1.29, 1.82) is 0 Å². The molecule has 0 unspecified atom stereocenters. The van der Waals surface area contributed by atoms with Crippen molar-refractivity contribution in [2.24, 2.45) is 0 Å². The van der Waals surface area contributed by atoms with E-state index < -0.39 is 0 Å². The fourth-order valence-corrected chi connectivity index (χ4v) is 5.15.